The third kappa shape index (κ3) is 4.15. The number of primary amides is 1. The van der Waals surface area contributed by atoms with Crippen LogP contribution in [0.2, 0.25) is 0 Å². The Morgan fingerprint density at radius 2 is 2.05 bits per heavy atom. The summed E-state index contributed by atoms with van der Waals surface area (Å²) in [6.07, 6.45) is 0. The average Bonchev–Trinajstić information content (AvgIpc) is 2.33. The third-order valence-electron chi connectivity index (χ3n) is 2.18. The molecule has 2 amide bonds. The Hall–Kier alpha value is -2.84. The number of nitrogens with two attached hydrogens (primary N) is 1. The molecule has 19 heavy (non-hydrogen) atoms. The summed E-state index contributed by atoms with van der Waals surface area (Å²) in [5.41, 5.74) is 4.64. The number of nitro groups is 1. The molecule has 0 aliphatic heterocycles. The van der Waals surface area contributed by atoms with Gasteiger partial charge in [0.05, 0.1) is 16.2 Å². The molecule has 0 heterocycles. The average molecular weight is 268 g/mol. The van der Waals surface area contributed by atoms with Gasteiger partial charge in [-0.25, -0.2) is 9.59 Å². The molecule has 0 aromatic heterocycles. The Balaban J connectivity index is 2.82. The van der Waals surface area contributed by atoms with Gasteiger partial charge in [-0.15, -0.1) is 0 Å². The molecular weight excluding hydrogens is 256 g/mol. The number of rotatable bonds is 6. The zero-order valence-corrected chi connectivity index (χ0v) is 9.75. The van der Waals surface area contributed by atoms with Crippen LogP contribution in [0.5, 0.6) is 0 Å². The highest BCUT2D eigenvalue weighted by Gasteiger charge is 2.14. The summed E-state index contributed by atoms with van der Waals surface area (Å²) in [6.45, 7) is 0.349. The molecule has 0 bridgehead atoms. The lowest BCUT2D eigenvalue weighted by atomic mass is 10.1. The van der Waals surface area contributed by atoms with E-state index in [9.17, 15) is 19.7 Å². The number of nitrogens with zero attached hydrogens (tertiary/aromatic N) is 1. The number of aromatic carboxylic acids is 1. The maximum atomic E-state index is 10.9. The van der Waals surface area contributed by atoms with Crippen molar-refractivity contribution < 1.29 is 19.6 Å². The van der Waals surface area contributed by atoms with Crippen molar-refractivity contribution >= 4 is 23.4 Å². The number of carbonyl (C=O) groups is 2. The van der Waals surface area contributed by atoms with Gasteiger partial charge in [0.2, 0.25) is 0 Å². The number of non-ortho nitro benzene ring substituents is 1. The van der Waals surface area contributed by atoms with Gasteiger partial charge in [-0.05, 0) is 6.07 Å². The quantitative estimate of drug-likeness (QED) is 0.333. The van der Waals surface area contributed by atoms with E-state index in [1.165, 1.54) is 0 Å². The van der Waals surface area contributed by atoms with Gasteiger partial charge in [-0.1, -0.05) is 0 Å². The first kappa shape index (κ1) is 14.2. The van der Waals surface area contributed by atoms with E-state index in [1.807, 2.05) is 0 Å². The fraction of sp³-hybridized carbons (Fsp3) is 0.200. The van der Waals surface area contributed by atoms with Crippen molar-refractivity contribution in [2.45, 2.75) is 0 Å². The van der Waals surface area contributed by atoms with Crippen LogP contribution in [0.4, 0.5) is 16.2 Å². The monoisotopic (exact) mass is 268 g/mol. The van der Waals surface area contributed by atoms with Crippen LogP contribution in [-0.4, -0.2) is 35.1 Å². The third-order valence-corrected chi connectivity index (χ3v) is 2.18. The van der Waals surface area contributed by atoms with Crippen molar-refractivity contribution in [1.29, 1.82) is 0 Å². The zero-order valence-electron chi connectivity index (χ0n) is 9.75. The van der Waals surface area contributed by atoms with Gasteiger partial charge >= 0.3 is 12.0 Å². The highest BCUT2D eigenvalue weighted by molar-refractivity contribution is 5.94. The van der Waals surface area contributed by atoms with Gasteiger partial charge in [0, 0.05) is 25.2 Å². The molecule has 0 aliphatic rings. The molecule has 0 saturated carbocycles. The van der Waals surface area contributed by atoms with E-state index in [2.05, 4.69) is 10.6 Å². The smallest absolute Gasteiger partial charge is 0.337 e. The van der Waals surface area contributed by atoms with Crippen LogP contribution in [0.25, 0.3) is 0 Å². The number of amides is 2. The van der Waals surface area contributed by atoms with Crippen molar-refractivity contribution in [2.75, 3.05) is 18.4 Å². The van der Waals surface area contributed by atoms with Gasteiger partial charge in [0.1, 0.15) is 0 Å². The van der Waals surface area contributed by atoms with E-state index < -0.39 is 16.9 Å². The maximum Gasteiger partial charge on any atom is 0.337 e. The highest BCUT2D eigenvalue weighted by Crippen LogP contribution is 2.22. The van der Waals surface area contributed by atoms with Gasteiger partial charge in [-0.2, -0.15) is 0 Å². The summed E-state index contributed by atoms with van der Waals surface area (Å²) < 4.78 is 0. The van der Waals surface area contributed by atoms with E-state index in [0.717, 1.165) is 18.2 Å². The van der Waals surface area contributed by atoms with Crippen molar-refractivity contribution in [3.8, 4) is 0 Å². The predicted molar refractivity (Wildman–Crippen MR) is 66.1 cm³/mol. The Morgan fingerprint density at radius 3 is 2.58 bits per heavy atom. The number of nitrogens with one attached hydrogen (secondary N) is 2. The van der Waals surface area contributed by atoms with Crippen molar-refractivity contribution in [3.63, 3.8) is 0 Å². The lowest BCUT2D eigenvalue weighted by Crippen LogP contribution is -2.33. The molecule has 1 aromatic rings. The largest absolute Gasteiger partial charge is 0.478 e. The van der Waals surface area contributed by atoms with Crippen molar-refractivity contribution in [2.24, 2.45) is 5.73 Å². The second-order valence-corrected chi connectivity index (χ2v) is 3.51. The Bertz CT molecular complexity index is 517. The molecule has 102 valence electrons. The molecule has 0 aliphatic carbocycles. The lowest BCUT2D eigenvalue weighted by molar-refractivity contribution is -0.384. The first-order chi connectivity index (χ1) is 8.91. The molecule has 1 aromatic carbocycles. The fourth-order valence-corrected chi connectivity index (χ4v) is 1.36. The Morgan fingerprint density at radius 1 is 1.37 bits per heavy atom. The van der Waals surface area contributed by atoms with Gasteiger partial charge in [0.15, 0.2) is 0 Å². The lowest BCUT2D eigenvalue weighted by Gasteiger charge is -2.09. The van der Waals surface area contributed by atoms with E-state index in [-0.39, 0.29) is 30.0 Å². The first-order valence-electron chi connectivity index (χ1n) is 5.20. The number of benzene rings is 1. The summed E-state index contributed by atoms with van der Waals surface area (Å²) >= 11 is 0. The topological polar surface area (TPSA) is 148 Å². The van der Waals surface area contributed by atoms with Crippen LogP contribution in [0.15, 0.2) is 18.2 Å². The molecule has 0 atom stereocenters. The van der Waals surface area contributed by atoms with E-state index in [0.29, 0.717) is 0 Å². The molecule has 9 heteroatoms. The van der Waals surface area contributed by atoms with Crippen LogP contribution in [0, 0.1) is 10.1 Å². The number of carboxylic acid groups (broad SMARTS) is 1. The minimum absolute atomic E-state index is 0.0929. The zero-order chi connectivity index (χ0) is 14.4. The number of hydrogen-bond acceptors (Lipinski definition) is 5. The molecule has 0 fully saturated rings. The number of urea groups is 1. The molecule has 0 saturated heterocycles. The second-order valence-electron chi connectivity index (χ2n) is 3.51. The summed E-state index contributed by atoms with van der Waals surface area (Å²) in [4.78, 5) is 31.4. The number of anilines is 1. The number of hydrogen-bond donors (Lipinski definition) is 4. The number of carboxylic acids is 1. The molecule has 9 nitrogen and oxygen atoms in total. The van der Waals surface area contributed by atoms with Gasteiger partial charge in [-0.3, -0.25) is 10.1 Å². The molecular formula is C10H12N4O5. The summed E-state index contributed by atoms with van der Waals surface area (Å²) in [5, 5.41) is 24.5. The summed E-state index contributed by atoms with van der Waals surface area (Å²) in [5.74, 6) is -1.21. The molecule has 0 radical (unpaired) electrons. The first-order valence-corrected chi connectivity index (χ1v) is 5.20. The Kier molecular flexibility index (Phi) is 4.63. The van der Waals surface area contributed by atoms with E-state index >= 15 is 0 Å². The molecule has 1 rings (SSSR count). The highest BCUT2D eigenvalue weighted by atomic mass is 16.6. The Labute approximate surface area is 107 Å². The van der Waals surface area contributed by atoms with Gasteiger partial charge in [0.25, 0.3) is 5.69 Å². The standard InChI is InChI=1S/C10H12N4O5/c11-10(17)13-4-3-12-8-5-6(14(18)19)1-2-7(8)9(15)16/h1-2,5,12H,3-4H2,(H,15,16)(H3,11,13,17). The minimum atomic E-state index is -1.21. The predicted octanol–water partition coefficient (Wildman–Crippen LogP) is 0.373. The van der Waals surface area contributed by atoms with Gasteiger partial charge < -0.3 is 21.5 Å². The molecule has 0 spiro atoms. The molecule has 0 unspecified atom stereocenters. The SMILES string of the molecule is NC(=O)NCCNc1cc([N+](=O)[O-])ccc1C(=O)O. The second kappa shape index (κ2) is 6.19. The minimum Gasteiger partial charge on any atom is -0.478 e. The van der Waals surface area contributed by atoms with E-state index in [1.54, 1.807) is 0 Å². The van der Waals surface area contributed by atoms with Crippen LogP contribution in [0.3, 0.4) is 0 Å². The van der Waals surface area contributed by atoms with Crippen molar-refractivity contribution in [1.82, 2.24) is 5.32 Å². The summed E-state index contributed by atoms with van der Waals surface area (Å²) in [6, 6.07) is 2.66. The normalized spacial score (nSPS) is 9.68. The van der Waals surface area contributed by atoms with E-state index in [4.69, 9.17) is 10.8 Å². The number of nitro benzene ring substituents is 1. The van der Waals surface area contributed by atoms with Crippen LogP contribution < -0.4 is 16.4 Å². The van der Waals surface area contributed by atoms with Crippen molar-refractivity contribution in [3.05, 3.63) is 33.9 Å². The molecule has 5 N–H and O–H groups in total. The van der Waals surface area contributed by atoms with Crippen LogP contribution >= 0.6 is 0 Å². The van der Waals surface area contributed by atoms with Crippen LogP contribution in [0.1, 0.15) is 10.4 Å². The summed E-state index contributed by atoms with van der Waals surface area (Å²) in [7, 11) is 0. The van der Waals surface area contributed by atoms with Crippen LogP contribution in [-0.2, 0) is 0 Å². The number of carbonyl (C=O) groups excluding carboxylic acids is 1. The maximum absolute atomic E-state index is 10.9. The fourth-order valence-electron chi connectivity index (χ4n) is 1.36.